The number of halogens is 1. The van der Waals surface area contributed by atoms with E-state index in [1.807, 2.05) is 0 Å². The zero-order valence-corrected chi connectivity index (χ0v) is 4.13. The molecule has 3 heteroatoms. The second-order valence-corrected chi connectivity index (χ2v) is 1.46. The molecule has 44 valence electrons. The Morgan fingerprint density at radius 2 is 2.62 bits per heavy atom. The van der Waals surface area contributed by atoms with Gasteiger partial charge in [-0.25, -0.2) is 9.18 Å². The van der Waals surface area contributed by atoms with Crippen LogP contribution in [0.4, 0.5) is 4.39 Å². The molecule has 0 aromatic rings. The van der Waals surface area contributed by atoms with Crippen molar-refractivity contribution in [3.8, 4) is 0 Å². The fraction of sp³-hybridized carbons (Fsp3) is 0.400. The molecule has 0 saturated heterocycles. The average molecular weight is 116 g/mol. The first-order valence-corrected chi connectivity index (χ1v) is 2.28. The molecule has 0 fully saturated rings. The Balaban J connectivity index is 2.60. The molecule has 0 saturated carbocycles. The van der Waals surface area contributed by atoms with Crippen LogP contribution in [0.25, 0.3) is 0 Å². The number of ether oxygens (including phenoxy) is 1. The van der Waals surface area contributed by atoms with Crippen LogP contribution < -0.4 is 0 Å². The van der Waals surface area contributed by atoms with Crippen molar-refractivity contribution < 1.29 is 13.9 Å². The summed E-state index contributed by atoms with van der Waals surface area (Å²) in [5.41, 5.74) is 0. The van der Waals surface area contributed by atoms with Gasteiger partial charge in [-0.1, -0.05) is 0 Å². The molecule has 1 rings (SSSR count). The second-order valence-electron chi connectivity index (χ2n) is 1.46. The molecule has 0 bridgehead atoms. The molecule has 1 heterocycles. The van der Waals surface area contributed by atoms with Crippen LogP contribution in [0.2, 0.25) is 0 Å². The highest BCUT2D eigenvalue weighted by Crippen LogP contribution is 2.01. The highest BCUT2D eigenvalue weighted by Gasteiger charge is 2.17. The zero-order valence-electron chi connectivity index (χ0n) is 4.13. The van der Waals surface area contributed by atoms with Crippen molar-refractivity contribution in [3.63, 3.8) is 0 Å². The Morgan fingerprint density at radius 1 is 1.88 bits per heavy atom. The van der Waals surface area contributed by atoms with Gasteiger partial charge in [0, 0.05) is 0 Å². The summed E-state index contributed by atoms with van der Waals surface area (Å²) < 4.78 is 16.3. The minimum absolute atomic E-state index is 0.208. The largest absolute Gasteiger partial charge is 0.459 e. The first kappa shape index (κ1) is 5.28. The van der Waals surface area contributed by atoms with Crippen molar-refractivity contribution in [2.45, 2.75) is 6.17 Å². The van der Waals surface area contributed by atoms with Gasteiger partial charge in [0.1, 0.15) is 6.61 Å². The zero-order chi connectivity index (χ0) is 5.98. The molecule has 1 aliphatic heterocycles. The molecular formula is C5H5FO2. The van der Waals surface area contributed by atoms with Gasteiger partial charge in [-0.3, -0.25) is 0 Å². The fourth-order valence-electron chi connectivity index (χ4n) is 0.463. The molecule has 0 amide bonds. The van der Waals surface area contributed by atoms with Gasteiger partial charge in [0.15, 0.2) is 0 Å². The Labute approximate surface area is 45.9 Å². The summed E-state index contributed by atoms with van der Waals surface area (Å²) in [6.45, 7) is 0.208. The molecule has 0 aromatic carbocycles. The maximum Gasteiger partial charge on any atom is 0.345 e. The Hall–Kier alpha value is -0.860. The van der Waals surface area contributed by atoms with Gasteiger partial charge in [-0.2, -0.15) is 0 Å². The number of hydrogen-bond donors (Lipinski definition) is 0. The number of alkyl halides is 1. The number of hydrogen-bond acceptors (Lipinski definition) is 2. The Bertz CT molecular complexity index is 130. The van der Waals surface area contributed by atoms with Crippen LogP contribution >= 0.6 is 0 Å². The third kappa shape index (κ3) is 0.857. The van der Waals surface area contributed by atoms with E-state index >= 15 is 0 Å². The van der Waals surface area contributed by atoms with Crippen LogP contribution in [0.1, 0.15) is 0 Å². The molecule has 2 nitrogen and oxygen atoms in total. The van der Waals surface area contributed by atoms with Crippen LogP contribution in [-0.4, -0.2) is 18.7 Å². The second kappa shape index (κ2) is 1.94. The first-order valence-electron chi connectivity index (χ1n) is 2.28. The summed E-state index contributed by atoms with van der Waals surface area (Å²) in [6.07, 6.45) is 1.13. The summed E-state index contributed by atoms with van der Waals surface area (Å²) in [6, 6.07) is 0. The lowest BCUT2D eigenvalue weighted by molar-refractivity contribution is -0.147. The lowest BCUT2D eigenvalue weighted by Gasteiger charge is -2.06. The standard InChI is InChI=1S/C5H5FO2/c6-4-2-1-3-8-5(4)7/h1-2,4H,3H2. The van der Waals surface area contributed by atoms with Crippen molar-refractivity contribution in [1.82, 2.24) is 0 Å². The van der Waals surface area contributed by atoms with E-state index in [4.69, 9.17) is 0 Å². The quantitative estimate of drug-likeness (QED) is 0.339. The van der Waals surface area contributed by atoms with Crippen molar-refractivity contribution in [2.75, 3.05) is 6.61 Å². The molecule has 1 atom stereocenters. The lowest BCUT2D eigenvalue weighted by Crippen LogP contribution is -2.20. The maximum absolute atomic E-state index is 12.0. The van der Waals surface area contributed by atoms with E-state index in [0.29, 0.717) is 0 Å². The molecule has 0 radical (unpaired) electrons. The molecule has 0 spiro atoms. The van der Waals surface area contributed by atoms with Gasteiger partial charge < -0.3 is 4.74 Å². The molecule has 1 aliphatic rings. The monoisotopic (exact) mass is 116 g/mol. The predicted octanol–water partition coefficient (Wildman–Crippen LogP) is 0.438. The van der Waals surface area contributed by atoms with Gasteiger partial charge in [-0.05, 0) is 12.2 Å². The van der Waals surface area contributed by atoms with E-state index in [-0.39, 0.29) is 6.61 Å². The predicted molar refractivity (Wildman–Crippen MR) is 25.0 cm³/mol. The maximum atomic E-state index is 12.0. The summed E-state index contributed by atoms with van der Waals surface area (Å²) in [5.74, 6) is -0.785. The van der Waals surface area contributed by atoms with Crippen LogP contribution in [0, 0.1) is 0 Å². The highest BCUT2D eigenvalue weighted by atomic mass is 19.1. The summed E-state index contributed by atoms with van der Waals surface area (Å²) in [4.78, 5) is 10.1. The third-order valence-electron chi connectivity index (χ3n) is 0.852. The fourth-order valence-corrected chi connectivity index (χ4v) is 0.463. The van der Waals surface area contributed by atoms with Gasteiger partial charge in [-0.15, -0.1) is 0 Å². The van der Waals surface area contributed by atoms with Crippen LogP contribution in [-0.2, 0) is 9.53 Å². The summed E-state index contributed by atoms with van der Waals surface area (Å²) in [5, 5.41) is 0. The van der Waals surface area contributed by atoms with Gasteiger partial charge in [0.2, 0.25) is 6.17 Å². The van der Waals surface area contributed by atoms with Gasteiger partial charge >= 0.3 is 5.97 Å². The van der Waals surface area contributed by atoms with Gasteiger partial charge in [0.25, 0.3) is 0 Å². The van der Waals surface area contributed by atoms with Crippen LogP contribution in [0.15, 0.2) is 12.2 Å². The molecule has 0 N–H and O–H groups in total. The average Bonchev–Trinajstić information content (AvgIpc) is 1.77. The molecule has 1 unspecified atom stereocenters. The van der Waals surface area contributed by atoms with E-state index in [0.717, 1.165) is 0 Å². The smallest absolute Gasteiger partial charge is 0.345 e. The molecule has 0 aromatic heterocycles. The normalized spacial score (nSPS) is 27.6. The van der Waals surface area contributed by atoms with Crippen molar-refractivity contribution in [3.05, 3.63) is 12.2 Å². The van der Waals surface area contributed by atoms with Crippen molar-refractivity contribution in [2.24, 2.45) is 0 Å². The number of carbonyl (C=O) groups excluding carboxylic acids is 1. The number of carbonyl (C=O) groups is 1. The Morgan fingerprint density at radius 3 is 3.00 bits per heavy atom. The number of esters is 1. The highest BCUT2D eigenvalue weighted by molar-refractivity contribution is 5.77. The van der Waals surface area contributed by atoms with Crippen molar-refractivity contribution >= 4 is 5.97 Å². The topological polar surface area (TPSA) is 26.3 Å². The first-order chi connectivity index (χ1) is 3.80. The number of cyclic esters (lactones) is 1. The number of rotatable bonds is 0. The van der Waals surface area contributed by atoms with E-state index in [1.54, 1.807) is 0 Å². The van der Waals surface area contributed by atoms with Crippen LogP contribution in [0.5, 0.6) is 0 Å². The molecule has 8 heavy (non-hydrogen) atoms. The van der Waals surface area contributed by atoms with E-state index < -0.39 is 12.1 Å². The van der Waals surface area contributed by atoms with Crippen molar-refractivity contribution in [1.29, 1.82) is 0 Å². The van der Waals surface area contributed by atoms with E-state index in [9.17, 15) is 9.18 Å². The Kier molecular flexibility index (Phi) is 1.28. The van der Waals surface area contributed by atoms with Crippen LogP contribution in [0.3, 0.4) is 0 Å². The molecule has 0 aliphatic carbocycles. The minimum atomic E-state index is -1.54. The third-order valence-corrected chi connectivity index (χ3v) is 0.852. The SMILES string of the molecule is O=C1OCC=CC1F. The summed E-state index contributed by atoms with van der Waals surface area (Å²) >= 11 is 0. The van der Waals surface area contributed by atoms with E-state index in [1.165, 1.54) is 12.2 Å². The minimum Gasteiger partial charge on any atom is -0.459 e. The lowest BCUT2D eigenvalue weighted by atomic mass is 10.3. The van der Waals surface area contributed by atoms with E-state index in [2.05, 4.69) is 4.74 Å². The van der Waals surface area contributed by atoms with Gasteiger partial charge in [0.05, 0.1) is 0 Å². The molecular weight excluding hydrogens is 111 g/mol. The summed E-state index contributed by atoms with van der Waals surface area (Å²) in [7, 11) is 0.